The highest BCUT2D eigenvalue weighted by Gasteiger charge is 2.20. The van der Waals surface area contributed by atoms with E-state index in [0.717, 1.165) is 17.2 Å². The van der Waals surface area contributed by atoms with Crippen LogP contribution in [0.1, 0.15) is 11.1 Å². The van der Waals surface area contributed by atoms with E-state index in [0.29, 0.717) is 0 Å². The molecule has 0 spiro atoms. The van der Waals surface area contributed by atoms with Gasteiger partial charge >= 0.3 is 0 Å². The lowest BCUT2D eigenvalue weighted by molar-refractivity contribution is 0.544. The van der Waals surface area contributed by atoms with Crippen LogP contribution in [0.4, 0.5) is 4.39 Å². The predicted octanol–water partition coefficient (Wildman–Crippen LogP) is 1.40. The zero-order chi connectivity index (χ0) is 13.9. The quantitative estimate of drug-likeness (QED) is 0.919. The first-order valence-corrected chi connectivity index (χ1v) is 6.99. The molecule has 0 aliphatic rings. The van der Waals surface area contributed by atoms with E-state index in [2.05, 4.69) is 14.7 Å². The van der Waals surface area contributed by atoms with Crippen LogP contribution in [0.25, 0.3) is 0 Å². The summed E-state index contributed by atoms with van der Waals surface area (Å²) in [6.07, 6.45) is 4.43. The Morgan fingerprint density at radius 2 is 2.11 bits per heavy atom. The Morgan fingerprint density at radius 3 is 2.79 bits per heavy atom. The van der Waals surface area contributed by atoms with Crippen LogP contribution in [0, 0.1) is 12.7 Å². The van der Waals surface area contributed by atoms with Crippen LogP contribution in [0.2, 0.25) is 0 Å². The van der Waals surface area contributed by atoms with Crippen molar-refractivity contribution in [1.82, 2.24) is 14.7 Å². The van der Waals surface area contributed by atoms with E-state index in [1.165, 1.54) is 12.3 Å². The summed E-state index contributed by atoms with van der Waals surface area (Å²) in [5.41, 5.74) is 1.63. The van der Waals surface area contributed by atoms with Gasteiger partial charge in [0, 0.05) is 25.1 Å². The number of hydrogen-bond donors (Lipinski definition) is 1. The van der Waals surface area contributed by atoms with Crippen LogP contribution in [0.3, 0.4) is 0 Å². The summed E-state index contributed by atoms with van der Waals surface area (Å²) in [4.78, 5) is 7.46. The van der Waals surface area contributed by atoms with Gasteiger partial charge in [-0.15, -0.1) is 0 Å². The first-order valence-electron chi connectivity index (χ1n) is 5.50. The van der Waals surface area contributed by atoms with E-state index in [1.807, 2.05) is 6.92 Å². The summed E-state index contributed by atoms with van der Waals surface area (Å²) in [6.45, 7) is 1.88. The van der Waals surface area contributed by atoms with E-state index < -0.39 is 20.9 Å². The van der Waals surface area contributed by atoms with E-state index in [-0.39, 0.29) is 6.54 Å². The third-order valence-electron chi connectivity index (χ3n) is 2.57. The van der Waals surface area contributed by atoms with Crippen LogP contribution < -0.4 is 4.72 Å². The fraction of sp³-hybridized carbons (Fsp3) is 0.167. The van der Waals surface area contributed by atoms with Crippen molar-refractivity contribution in [1.29, 1.82) is 0 Å². The number of halogens is 1. The van der Waals surface area contributed by atoms with E-state index in [1.54, 1.807) is 18.5 Å². The number of nitrogens with one attached hydrogen (secondary N) is 1. The van der Waals surface area contributed by atoms with Gasteiger partial charge in [-0.2, -0.15) is 0 Å². The summed E-state index contributed by atoms with van der Waals surface area (Å²) >= 11 is 0. The number of hydrogen-bond acceptors (Lipinski definition) is 4. The number of pyridine rings is 2. The summed E-state index contributed by atoms with van der Waals surface area (Å²) in [7, 11) is -3.96. The van der Waals surface area contributed by atoms with Crippen molar-refractivity contribution in [2.24, 2.45) is 0 Å². The minimum absolute atomic E-state index is 0.0622. The first-order chi connectivity index (χ1) is 9.00. The fourth-order valence-corrected chi connectivity index (χ4v) is 2.52. The van der Waals surface area contributed by atoms with Gasteiger partial charge in [-0.25, -0.2) is 22.5 Å². The Morgan fingerprint density at radius 1 is 1.32 bits per heavy atom. The fourth-order valence-electron chi connectivity index (χ4n) is 1.51. The molecule has 5 nitrogen and oxygen atoms in total. The molecule has 100 valence electrons. The van der Waals surface area contributed by atoms with E-state index >= 15 is 0 Å². The average molecular weight is 281 g/mol. The molecule has 0 saturated heterocycles. The van der Waals surface area contributed by atoms with E-state index in [9.17, 15) is 12.8 Å². The molecule has 1 N–H and O–H groups in total. The van der Waals surface area contributed by atoms with Crippen molar-refractivity contribution < 1.29 is 12.8 Å². The molecule has 0 bridgehead atoms. The lowest BCUT2D eigenvalue weighted by Gasteiger charge is -2.08. The van der Waals surface area contributed by atoms with Gasteiger partial charge in [0.05, 0.1) is 0 Å². The van der Waals surface area contributed by atoms with Gasteiger partial charge < -0.3 is 0 Å². The average Bonchev–Trinajstić information content (AvgIpc) is 2.38. The van der Waals surface area contributed by atoms with Crippen molar-refractivity contribution in [2.45, 2.75) is 18.5 Å². The summed E-state index contributed by atoms with van der Waals surface area (Å²) in [5, 5.41) is -0.596. The normalized spacial score (nSPS) is 11.5. The third-order valence-corrected chi connectivity index (χ3v) is 3.90. The highest BCUT2D eigenvalue weighted by Crippen LogP contribution is 2.11. The molecule has 0 fully saturated rings. The standard InChI is InChI=1S/C12H12FN3O2S/c1-9-7-14-6-4-10(9)8-16-19(17,18)12-11(13)3-2-5-15-12/h2-7,16H,8H2,1H3. The second kappa shape index (κ2) is 5.41. The van der Waals surface area contributed by atoms with Crippen LogP contribution in [-0.4, -0.2) is 18.4 Å². The van der Waals surface area contributed by atoms with Crippen LogP contribution in [0.5, 0.6) is 0 Å². The Hall–Kier alpha value is -1.86. The summed E-state index contributed by atoms with van der Waals surface area (Å²) in [5.74, 6) is -0.874. The SMILES string of the molecule is Cc1cnccc1CNS(=O)(=O)c1ncccc1F. The maximum atomic E-state index is 13.4. The molecule has 2 rings (SSSR count). The van der Waals surface area contributed by atoms with Gasteiger partial charge in [0.15, 0.2) is 5.82 Å². The Kier molecular flexibility index (Phi) is 3.87. The second-order valence-electron chi connectivity index (χ2n) is 3.92. The minimum atomic E-state index is -3.96. The molecule has 0 aromatic carbocycles. The molecule has 0 atom stereocenters. The molecule has 0 saturated carbocycles. The molecule has 0 unspecified atom stereocenters. The zero-order valence-electron chi connectivity index (χ0n) is 10.2. The summed E-state index contributed by atoms with van der Waals surface area (Å²) < 4.78 is 39.5. The van der Waals surface area contributed by atoms with Crippen molar-refractivity contribution in [3.05, 3.63) is 53.7 Å². The number of sulfonamides is 1. The zero-order valence-corrected chi connectivity index (χ0v) is 11.0. The maximum Gasteiger partial charge on any atom is 0.261 e. The molecule has 2 aromatic heterocycles. The molecule has 0 radical (unpaired) electrons. The molecule has 0 aliphatic carbocycles. The van der Waals surface area contributed by atoms with Gasteiger partial charge in [0.25, 0.3) is 10.0 Å². The molecular weight excluding hydrogens is 269 g/mol. The van der Waals surface area contributed by atoms with Gasteiger partial charge in [0.1, 0.15) is 0 Å². The van der Waals surface area contributed by atoms with Crippen LogP contribution >= 0.6 is 0 Å². The molecule has 0 amide bonds. The van der Waals surface area contributed by atoms with Gasteiger partial charge in [-0.1, -0.05) is 0 Å². The largest absolute Gasteiger partial charge is 0.264 e. The monoisotopic (exact) mass is 281 g/mol. The first kappa shape index (κ1) is 13.6. The van der Waals surface area contributed by atoms with Crippen molar-refractivity contribution in [2.75, 3.05) is 0 Å². The summed E-state index contributed by atoms with van der Waals surface area (Å²) in [6, 6.07) is 4.09. The predicted molar refractivity (Wildman–Crippen MR) is 67.2 cm³/mol. The highest BCUT2D eigenvalue weighted by molar-refractivity contribution is 7.89. The molecule has 2 heterocycles. The smallest absolute Gasteiger partial charge is 0.261 e. The van der Waals surface area contributed by atoms with Crippen molar-refractivity contribution in [3.63, 3.8) is 0 Å². The minimum Gasteiger partial charge on any atom is -0.264 e. The number of rotatable bonds is 4. The maximum absolute atomic E-state index is 13.4. The van der Waals surface area contributed by atoms with Crippen molar-refractivity contribution >= 4 is 10.0 Å². The highest BCUT2D eigenvalue weighted by atomic mass is 32.2. The number of aryl methyl sites for hydroxylation is 1. The Bertz CT molecular complexity index is 689. The van der Waals surface area contributed by atoms with Gasteiger partial charge in [-0.3, -0.25) is 4.98 Å². The lowest BCUT2D eigenvalue weighted by Crippen LogP contribution is -2.25. The lowest BCUT2D eigenvalue weighted by atomic mass is 10.2. The number of nitrogens with zero attached hydrogens (tertiary/aromatic N) is 2. The second-order valence-corrected chi connectivity index (χ2v) is 5.60. The molecule has 0 aliphatic heterocycles. The van der Waals surface area contributed by atoms with Gasteiger partial charge in [-0.05, 0) is 36.2 Å². The molecule has 7 heteroatoms. The third kappa shape index (κ3) is 3.12. The van der Waals surface area contributed by atoms with Crippen molar-refractivity contribution in [3.8, 4) is 0 Å². The van der Waals surface area contributed by atoms with Gasteiger partial charge in [0.2, 0.25) is 5.03 Å². The topological polar surface area (TPSA) is 72.0 Å². The Labute approximate surface area is 110 Å². The molecular formula is C12H12FN3O2S. The molecule has 19 heavy (non-hydrogen) atoms. The molecule has 2 aromatic rings. The van der Waals surface area contributed by atoms with E-state index in [4.69, 9.17) is 0 Å². The number of aromatic nitrogens is 2. The van der Waals surface area contributed by atoms with Crippen LogP contribution in [0.15, 0.2) is 41.8 Å². The Balaban J connectivity index is 2.20. The van der Waals surface area contributed by atoms with Crippen LogP contribution in [-0.2, 0) is 16.6 Å².